The fourth-order valence-electron chi connectivity index (χ4n) is 3.51. The summed E-state index contributed by atoms with van der Waals surface area (Å²) in [5, 5.41) is 6.88. The van der Waals surface area contributed by atoms with Crippen LogP contribution >= 0.6 is 0 Å². The average molecular weight is 423 g/mol. The number of hydrogen-bond donors (Lipinski definition) is 1. The lowest BCUT2D eigenvalue weighted by atomic mass is 10.1. The van der Waals surface area contributed by atoms with Crippen molar-refractivity contribution in [3.05, 3.63) is 48.4 Å². The van der Waals surface area contributed by atoms with E-state index in [2.05, 4.69) is 20.4 Å². The molecule has 0 radical (unpaired) electrons. The maximum atomic E-state index is 12.8. The molecule has 0 unspecified atom stereocenters. The van der Waals surface area contributed by atoms with E-state index in [0.717, 1.165) is 24.3 Å². The summed E-state index contributed by atoms with van der Waals surface area (Å²) in [5.41, 5.74) is 2.59. The first kappa shape index (κ1) is 20.5. The lowest BCUT2D eigenvalue weighted by Gasteiger charge is -2.36. The van der Waals surface area contributed by atoms with E-state index in [4.69, 9.17) is 14.0 Å². The van der Waals surface area contributed by atoms with E-state index < -0.39 is 0 Å². The van der Waals surface area contributed by atoms with Gasteiger partial charge in [-0.25, -0.2) is 4.79 Å². The van der Waals surface area contributed by atoms with Crippen molar-refractivity contribution in [3.8, 4) is 22.9 Å². The molecule has 2 heterocycles. The van der Waals surface area contributed by atoms with Crippen LogP contribution in [0.1, 0.15) is 5.89 Å². The topological polar surface area (TPSA) is 93.0 Å². The molecule has 3 aromatic rings. The molecule has 1 aromatic heterocycles. The van der Waals surface area contributed by atoms with Gasteiger partial charge in [0.25, 0.3) is 0 Å². The molecular weight excluding hydrogens is 398 g/mol. The Hall–Kier alpha value is -3.75. The number of anilines is 2. The zero-order valence-corrected chi connectivity index (χ0v) is 17.8. The van der Waals surface area contributed by atoms with Gasteiger partial charge >= 0.3 is 6.03 Å². The fourth-order valence-corrected chi connectivity index (χ4v) is 3.51. The van der Waals surface area contributed by atoms with Crippen LogP contribution in [-0.4, -0.2) is 61.5 Å². The monoisotopic (exact) mass is 423 g/mol. The minimum Gasteiger partial charge on any atom is -0.497 e. The second kappa shape index (κ2) is 8.95. The van der Waals surface area contributed by atoms with Crippen LogP contribution in [0, 0.1) is 6.92 Å². The van der Waals surface area contributed by atoms with Gasteiger partial charge in [0.2, 0.25) is 11.7 Å². The van der Waals surface area contributed by atoms with Crippen LogP contribution < -0.4 is 19.7 Å². The van der Waals surface area contributed by atoms with Crippen molar-refractivity contribution in [2.45, 2.75) is 6.92 Å². The summed E-state index contributed by atoms with van der Waals surface area (Å²) in [6.07, 6.45) is 0. The standard InChI is InChI=1S/C22H25N5O4/c1-15-23-21(25-31-15)16-4-6-17(7-5-16)26-10-12-27(13-11-26)22(28)24-19-14-18(29-2)8-9-20(19)30-3/h4-9,14H,10-13H2,1-3H3,(H,24,28). The van der Waals surface area contributed by atoms with Crippen molar-refractivity contribution < 1.29 is 18.8 Å². The molecule has 2 amide bonds. The van der Waals surface area contributed by atoms with Crippen LogP contribution in [0.25, 0.3) is 11.4 Å². The predicted octanol–water partition coefficient (Wildman–Crippen LogP) is 3.42. The molecular formula is C22H25N5O4. The summed E-state index contributed by atoms with van der Waals surface area (Å²) in [5.74, 6) is 2.36. The van der Waals surface area contributed by atoms with Crippen LogP contribution in [-0.2, 0) is 0 Å². The first-order chi connectivity index (χ1) is 15.1. The van der Waals surface area contributed by atoms with E-state index >= 15 is 0 Å². The summed E-state index contributed by atoms with van der Waals surface area (Å²) in [7, 11) is 3.16. The number of piperazine rings is 1. The van der Waals surface area contributed by atoms with Crippen molar-refractivity contribution in [1.82, 2.24) is 15.0 Å². The molecule has 4 rings (SSSR count). The molecule has 1 N–H and O–H groups in total. The normalized spacial score (nSPS) is 13.8. The van der Waals surface area contributed by atoms with Gasteiger partial charge in [0.1, 0.15) is 11.5 Å². The van der Waals surface area contributed by atoms with Gasteiger partial charge in [-0.1, -0.05) is 5.16 Å². The second-order valence-corrected chi connectivity index (χ2v) is 7.15. The van der Waals surface area contributed by atoms with Gasteiger partial charge in [-0.3, -0.25) is 0 Å². The van der Waals surface area contributed by atoms with Crippen LogP contribution in [0.15, 0.2) is 47.0 Å². The minimum atomic E-state index is -0.158. The Morgan fingerprint density at radius 3 is 2.39 bits per heavy atom. The van der Waals surface area contributed by atoms with Crippen molar-refractivity contribution in [2.75, 3.05) is 50.6 Å². The highest BCUT2D eigenvalue weighted by Crippen LogP contribution is 2.29. The number of ether oxygens (including phenoxy) is 2. The first-order valence-electron chi connectivity index (χ1n) is 10.0. The molecule has 0 aliphatic carbocycles. The highest BCUT2D eigenvalue weighted by Gasteiger charge is 2.22. The summed E-state index contributed by atoms with van der Waals surface area (Å²) >= 11 is 0. The number of amides is 2. The van der Waals surface area contributed by atoms with Crippen molar-refractivity contribution >= 4 is 17.4 Å². The predicted molar refractivity (Wildman–Crippen MR) is 117 cm³/mol. The lowest BCUT2D eigenvalue weighted by Crippen LogP contribution is -2.50. The number of rotatable bonds is 5. The molecule has 2 aromatic carbocycles. The number of carbonyl (C=O) groups excluding carboxylic acids is 1. The maximum Gasteiger partial charge on any atom is 0.322 e. The van der Waals surface area contributed by atoms with Gasteiger partial charge in [-0.2, -0.15) is 4.98 Å². The fraction of sp³-hybridized carbons (Fsp3) is 0.318. The molecule has 9 heteroatoms. The number of aryl methyl sites for hydroxylation is 1. The Kier molecular flexibility index (Phi) is 5.92. The molecule has 1 saturated heterocycles. The van der Waals surface area contributed by atoms with Crippen LogP contribution in [0.5, 0.6) is 11.5 Å². The van der Waals surface area contributed by atoms with E-state index in [0.29, 0.717) is 42.0 Å². The average Bonchev–Trinajstić information content (AvgIpc) is 3.25. The highest BCUT2D eigenvalue weighted by atomic mass is 16.5. The molecule has 0 bridgehead atoms. The van der Waals surface area contributed by atoms with Gasteiger partial charge in [-0.05, 0) is 36.4 Å². The van der Waals surface area contributed by atoms with Gasteiger partial charge < -0.3 is 29.1 Å². The molecule has 0 atom stereocenters. The van der Waals surface area contributed by atoms with E-state index in [1.165, 1.54) is 0 Å². The van der Waals surface area contributed by atoms with Crippen LogP contribution in [0.3, 0.4) is 0 Å². The van der Waals surface area contributed by atoms with Gasteiger partial charge in [0, 0.05) is 50.4 Å². The Morgan fingerprint density at radius 2 is 1.77 bits per heavy atom. The number of carbonyl (C=O) groups is 1. The van der Waals surface area contributed by atoms with Gasteiger partial charge in [0.15, 0.2) is 0 Å². The minimum absolute atomic E-state index is 0.158. The number of benzene rings is 2. The summed E-state index contributed by atoms with van der Waals surface area (Å²) in [6, 6.07) is 13.2. The molecule has 1 aliphatic heterocycles. The molecule has 31 heavy (non-hydrogen) atoms. The second-order valence-electron chi connectivity index (χ2n) is 7.15. The third-order valence-electron chi connectivity index (χ3n) is 5.23. The molecule has 1 aliphatic rings. The third kappa shape index (κ3) is 4.55. The third-order valence-corrected chi connectivity index (χ3v) is 5.23. The maximum absolute atomic E-state index is 12.8. The van der Waals surface area contributed by atoms with Crippen molar-refractivity contribution in [2.24, 2.45) is 0 Å². The number of aromatic nitrogens is 2. The Balaban J connectivity index is 1.36. The zero-order chi connectivity index (χ0) is 21.8. The number of nitrogens with one attached hydrogen (secondary N) is 1. The highest BCUT2D eigenvalue weighted by molar-refractivity contribution is 5.91. The lowest BCUT2D eigenvalue weighted by molar-refractivity contribution is 0.208. The molecule has 9 nitrogen and oxygen atoms in total. The molecule has 162 valence electrons. The zero-order valence-electron chi connectivity index (χ0n) is 17.8. The summed E-state index contributed by atoms with van der Waals surface area (Å²) in [6.45, 7) is 4.48. The first-order valence-corrected chi connectivity index (χ1v) is 10.0. The number of urea groups is 1. The van der Waals surface area contributed by atoms with Crippen LogP contribution in [0.4, 0.5) is 16.2 Å². The van der Waals surface area contributed by atoms with E-state index in [1.54, 1.807) is 44.2 Å². The Labute approximate surface area is 180 Å². The van der Waals surface area contributed by atoms with Gasteiger partial charge in [-0.15, -0.1) is 0 Å². The van der Waals surface area contributed by atoms with E-state index in [9.17, 15) is 4.79 Å². The Morgan fingerprint density at radius 1 is 1.03 bits per heavy atom. The molecule has 0 spiro atoms. The largest absolute Gasteiger partial charge is 0.497 e. The number of nitrogens with zero attached hydrogens (tertiary/aromatic N) is 4. The van der Waals surface area contributed by atoms with E-state index in [-0.39, 0.29) is 6.03 Å². The quantitative estimate of drug-likeness (QED) is 0.672. The van der Waals surface area contributed by atoms with Crippen molar-refractivity contribution in [3.63, 3.8) is 0 Å². The number of methoxy groups -OCH3 is 2. The summed E-state index contributed by atoms with van der Waals surface area (Å²) in [4.78, 5) is 21.1. The smallest absolute Gasteiger partial charge is 0.322 e. The molecule has 1 fully saturated rings. The summed E-state index contributed by atoms with van der Waals surface area (Å²) < 4.78 is 15.6. The Bertz CT molecular complexity index is 1040. The van der Waals surface area contributed by atoms with Crippen LogP contribution in [0.2, 0.25) is 0 Å². The number of hydrogen-bond acceptors (Lipinski definition) is 7. The van der Waals surface area contributed by atoms with E-state index in [1.807, 2.05) is 24.3 Å². The SMILES string of the molecule is COc1ccc(OC)c(NC(=O)N2CCN(c3ccc(-c4noc(C)n4)cc3)CC2)c1. The molecule has 0 saturated carbocycles. The van der Waals surface area contributed by atoms with Gasteiger partial charge in [0.05, 0.1) is 19.9 Å². The van der Waals surface area contributed by atoms with Crippen molar-refractivity contribution in [1.29, 1.82) is 0 Å².